The van der Waals surface area contributed by atoms with Crippen molar-refractivity contribution in [3.63, 3.8) is 0 Å². The number of nitrogens with zero attached hydrogens (tertiary/aromatic N) is 1. The Morgan fingerprint density at radius 1 is 1.73 bits per heavy atom. The lowest BCUT2D eigenvalue weighted by molar-refractivity contribution is -0.121. The Morgan fingerprint density at radius 3 is 2.82 bits per heavy atom. The SMILES string of the molecule is CC1=C(C#N)[C@H](C)CC(=O)N1. The van der Waals surface area contributed by atoms with Crippen LogP contribution in [0.15, 0.2) is 11.3 Å². The molecule has 1 aliphatic rings. The van der Waals surface area contributed by atoms with E-state index in [1.54, 1.807) is 6.92 Å². The summed E-state index contributed by atoms with van der Waals surface area (Å²) in [6, 6.07) is 2.09. The van der Waals surface area contributed by atoms with Crippen LogP contribution in [0.5, 0.6) is 0 Å². The van der Waals surface area contributed by atoms with Gasteiger partial charge in [-0.2, -0.15) is 5.26 Å². The van der Waals surface area contributed by atoms with E-state index < -0.39 is 0 Å². The molecule has 0 unspecified atom stereocenters. The molecule has 3 nitrogen and oxygen atoms in total. The van der Waals surface area contributed by atoms with Gasteiger partial charge >= 0.3 is 0 Å². The molecular weight excluding hydrogens is 140 g/mol. The summed E-state index contributed by atoms with van der Waals surface area (Å²) in [6.07, 6.45) is 0.431. The summed E-state index contributed by atoms with van der Waals surface area (Å²) in [5, 5.41) is 11.3. The lowest BCUT2D eigenvalue weighted by Crippen LogP contribution is -2.30. The Bertz CT molecular complexity index is 260. The maximum absolute atomic E-state index is 10.9. The quantitative estimate of drug-likeness (QED) is 0.558. The number of carbonyl (C=O) groups is 1. The Kier molecular flexibility index (Phi) is 1.95. The molecule has 0 saturated carbocycles. The minimum absolute atomic E-state index is 0.00833. The van der Waals surface area contributed by atoms with Gasteiger partial charge in [-0.25, -0.2) is 0 Å². The number of amides is 1. The van der Waals surface area contributed by atoms with Crippen LogP contribution in [0.25, 0.3) is 0 Å². The molecule has 1 atom stereocenters. The van der Waals surface area contributed by atoms with Gasteiger partial charge in [0.1, 0.15) is 0 Å². The van der Waals surface area contributed by atoms with Crippen LogP contribution in [0, 0.1) is 17.2 Å². The van der Waals surface area contributed by atoms with E-state index in [1.165, 1.54) is 0 Å². The van der Waals surface area contributed by atoms with E-state index in [0.29, 0.717) is 17.7 Å². The van der Waals surface area contributed by atoms with Crippen molar-refractivity contribution < 1.29 is 4.79 Å². The molecule has 0 spiro atoms. The first kappa shape index (κ1) is 7.80. The Hall–Kier alpha value is -1.30. The molecule has 1 aliphatic heterocycles. The predicted octanol–water partition coefficient (Wildman–Crippen LogP) is 0.940. The average molecular weight is 150 g/mol. The van der Waals surface area contributed by atoms with Gasteiger partial charge in [0.15, 0.2) is 0 Å². The molecule has 3 heteroatoms. The average Bonchev–Trinajstić information content (AvgIpc) is 1.85. The van der Waals surface area contributed by atoms with Gasteiger partial charge in [-0.05, 0) is 6.92 Å². The molecular formula is C8H10N2O. The van der Waals surface area contributed by atoms with Crippen LogP contribution >= 0.6 is 0 Å². The number of hydrogen-bond acceptors (Lipinski definition) is 2. The number of rotatable bonds is 0. The van der Waals surface area contributed by atoms with Crippen molar-refractivity contribution in [2.45, 2.75) is 20.3 Å². The van der Waals surface area contributed by atoms with E-state index >= 15 is 0 Å². The fraction of sp³-hybridized carbons (Fsp3) is 0.500. The molecule has 0 bridgehead atoms. The van der Waals surface area contributed by atoms with Gasteiger partial charge in [0, 0.05) is 18.0 Å². The molecule has 0 fully saturated rings. The number of carbonyl (C=O) groups excluding carboxylic acids is 1. The molecule has 1 heterocycles. The van der Waals surface area contributed by atoms with Gasteiger partial charge in [0.25, 0.3) is 0 Å². The predicted molar refractivity (Wildman–Crippen MR) is 40.2 cm³/mol. The maximum atomic E-state index is 10.9. The van der Waals surface area contributed by atoms with Crippen LogP contribution in [0.1, 0.15) is 20.3 Å². The summed E-state index contributed by atoms with van der Waals surface area (Å²) in [5.74, 6) is 0.0859. The molecule has 1 rings (SSSR count). The van der Waals surface area contributed by atoms with Crippen LogP contribution in [0.4, 0.5) is 0 Å². The van der Waals surface area contributed by atoms with E-state index in [9.17, 15) is 4.79 Å². The summed E-state index contributed by atoms with van der Waals surface area (Å²) in [6.45, 7) is 3.65. The van der Waals surface area contributed by atoms with Crippen LogP contribution in [0.3, 0.4) is 0 Å². The molecule has 0 aromatic rings. The van der Waals surface area contributed by atoms with Crippen molar-refractivity contribution >= 4 is 5.91 Å². The van der Waals surface area contributed by atoms with Crippen LogP contribution in [-0.4, -0.2) is 5.91 Å². The van der Waals surface area contributed by atoms with E-state index in [2.05, 4.69) is 11.4 Å². The summed E-state index contributed by atoms with van der Waals surface area (Å²) >= 11 is 0. The standard InChI is InChI=1S/C8H10N2O/c1-5-3-8(11)10-6(2)7(5)4-9/h5H,3H2,1-2H3,(H,10,11)/t5-/m1/s1. The maximum Gasteiger partial charge on any atom is 0.224 e. The first-order chi connectivity index (χ1) is 5.15. The number of nitrogens with one attached hydrogen (secondary N) is 1. The monoisotopic (exact) mass is 150 g/mol. The lowest BCUT2D eigenvalue weighted by Gasteiger charge is -2.19. The van der Waals surface area contributed by atoms with Crippen LogP contribution in [-0.2, 0) is 4.79 Å². The minimum atomic E-state index is 0.00833. The molecule has 0 aliphatic carbocycles. The summed E-state index contributed by atoms with van der Waals surface area (Å²) < 4.78 is 0. The van der Waals surface area contributed by atoms with Crippen LogP contribution < -0.4 is 5.32 Å². The van der Waals surface area contributed by atoms with E-state index in [-0.39, 0.29) is 11.8 Å². The number of hydrogen-bond donors (Lipinski definition) is 1. The molecule has 0 radical (unpaired) electrons. The van der Waals surface area contributed by atoms with Crippen molar-refractivity contribution in [3.8, 4) is 6.07 Å². The van der Waals surface area contributed by atoms with Gasteiger partial charge in [-0.1, -0.05) is 6.92 Å². The molecule has 1 N–H and O–H groups in total. The van der Waals surface area contributed by atoms with Crippen molar-refractivity contribution in [3.05, 3.63) is 11.3 Å². The zero-order valence-electron chi connectivity index (χ0n) is 6.64. The van der Waals surface area contributed by atoms with Gasteiger partial charge in [0.05, 0.1) is 11.6 Å². The molecule has 58 valence electrons. The van der Waals surface area contributed by atoms with E-state index in [4.69, 9.17) is 5.26 Å². The second-order valence-corrected chi connectivity index (χ2v) is 2.80. The fourth-order valence-electron chi connectivity index (χ4n) is 1.27. The normalized spacial score (nSPS) is 24.5. The Labute approximate surface area is 65.7 Å². The smallest absolute Gasteiger partial charge is 0.224 e. The lowest BCUT2D eigenvalue weighted by atomic mass is 9.93. The molecule has 1 amide bonds. The largest absolute Gasteiger partial charge is 0.329 e. The minimum Gasteiger partial charge on any atom is -0.329 e. The highest BCUT2D eigenvalue weighted by Crippen LogP contribution is 2.20. The van der Waals surface area contributed by atoms with Crippen molar-refractivity contribution in [2.75, 3.05) is 0 Å². The second-order valence-electron chi connectivity index (χ2n) is 2.80. The molecule has 0 aromatic carbocycles. The van der Waals surface area contributed by atoms with Crippen molar-refractivity contribution in [1.29, 1.82) is 5.26 Å². The number of nitriles is 1. The van der Waals surface area contributed by atoms with Gasteiger partial charge < -0.3 is 5.32 Å². The van der Waals surface area contributed by atoms with E-state index in [1.807, 2.05) is 6.92 Å². The van der Waals surface area contributed by atoms with Gasteiger partial charge in [-0.3, -0.25) is 4.79 Å². The van der Waals surface area contributed by atoms with Gasteiger partial charge in [-0.15, -0.1) is 0 Å². The first-order valence-corrected chi connectivity index (χ1v) is 3.56. The first-order valence-electron chi connectivity index (χ1n) is 3.56. The van der Waals surface area contributed by atoms with Crippen molar-refractivity contribution in [2.24, 2.45) is 5.92 Å². The third kappa shape index (κ3) is 1.40. The second kappa shape index (κ2) is 2.75. The van der Waals surface area contributed by atoms with Gasteiger partial charge in [0.2, 0.25) is 5.91 Å². The molecule has 0 saturated heterocycles. The summed E-state index contributed by atoms with van der Waals surface area (Å²) in [5.41, 5.74) is 1.40. The highest BCUT2D eigenvalue weighted by Gasteiger charge is 2.21. The third-order valence-corrected chi connectivity index (χ3v) is 1.84. The Morgan fingerprint density at radius 2 is 2.36 bits per heavy atom. The highest BCUT2D eigenvalue weighted by molar-refractivity contribution is 5.80. The molecule has 0 aromatic heterocycles. The number of allylic oxidation sites excluding steroid dienone is 2. The topological polar surface area (TPSA) is 52.9 Å². The van der Waals surface area contributed by atoms with Crippen LogP contribution in [0.2, 0.25) is 0 Å². The summed E-state index contributed by atoms with van der Waals surface area (Å²) in [7, 11) is 0. The van der Waals surface area contributed by atoms with Crippen molar-refractivity contribution in [1.82, 2.24) is 5.32 Å². The summed E-state index contributed by atoms with van der Waals surface area (Å²) in [4.78, 5) is 10.9. The zero-order chi connectivity index (χ0) is 8.43. The molecule has 11 heavy (non-hydrogen) atoms. The Balaban J connectivity index is 2.97. The zero-order valence-corrected chi connectivity index (χ0v) is 6.64. The van der Waals surface area contributed by atoms with E-state index in [0.717, 1.165) is 0 Å². The third-order valence-electron chi connectivity index (χ3n) is 1.84. The highest BCUT2D eigenvalue weighted by atomic mass is 16.1. The fourth-order valence-corrected chi connectivity index (χ4v) is 1.27.